The van der Waals surface area contributed by atoms with Gasteiger partial charge in [-0.3, -0.25) is 4.79 Å². The van der Waals surface area contributed by atoms with E-state index in [1.807, 2.05) is 48.5 Å². The van der Waals surface area contributed by atoms with Crippen molar-refractivity contribution in [3.63, 3.8) is 0 Å². The van der Waals surface area contributed by atoms with Gasteiger partial charge in [0.25, 0.3) is 5.91 Å². The summed E-state index contributed by atoms with van der Waals surface area (Å²) in [5.41, 5.74) is 3.88. The number of nitrogens with zero attached hydrogens (tertiary/aromatic N) is 2. The molecule has 2 N–H and O–H groups in total. The molecular formula is C21H24N4O. The van der Waals surface area contributed by atoms with Gasteiger partial charge in [0.2, 0.25) is 0 Å². The van der Waals surface area contributed by atoms with Gasteiger partial charge >= 0.3 is 0 Å². The van der Waals surface area contributed by atoms with Crippen LogP contribution in [0.25, 0.3) is 11.0 Å². The molecule has 1 amide bonds. The van der Waals surface area contributed by atoms with Crippen LogP contribution in [-0.4, -0.2) is 47.0 Å². The Kier molecular flexibility index (Phi) is 4.97. The van der Waals surface area contributed by atoms with Gasteiger partial charge < -0.3 is 15.2 Å². The number of para-hydroxylation sites is 2. The first-order valence-corrected chi connectivity index (χ1v) is 9.31. The fourth-order valence-corrected chi connectivity index (χ4v) is 3.49. The Bertz CT molecular complexity index is 845. The normalized spacial score (nSPS) is 14.8. The van der Waals surface area contributed by atoms with E-state index in [4.69, 9.17) is 0 Å². The number of hydrogen-bond donors (Lipinski definition) is 2. The third-order valence-corrected chi connectivity index (χ3v) is 4.94. The second-order valence-electron chi connectivity index (χ2n) is 6.88. The average molecular weight is 348 g/mol. The van der Waals surface area contributed by atoms with Crippen LogP contribution >= 0.6 is 0 Å². The predicted molar refractivity (Wildman–Crippen MR) is 103 cm³/mol. The number of rotatable bonds is 6. The van der Waals surface area contributed by atoms with E-state index in [0.717, 1.165) is 48.5 Å². The molecule has 4 rings (SSSR count). The largest absolute Gasteiger partial charge is 0.351 e. The molecule has 5 heteroatoms. The highest BCUT2D eigenvalue weighted by Gasteiger charge is 2.12. The highest BCUT2D eigenvalue weighted by Crippen LogP contribution is 2.14. The molecule has 1 fully saturated rings. The molecule has 1 saturated heterocycles. The minimum Gasteiger partial charge on any atom is -0.351 e. The van der Waals surface area contributed by atoms with E-state index in [9.17, 15) is 4.79 Å². The van der Waals surface area contributed by atoms with Gasteiger partial charge in [0.05, 0.1) is 11.0 Å². The Morgan fingerprint density at radius 3 is 2.62 bits per heavy atom. The van der Waals surface area contributed by atoms with Gasteiger partial charge in [0.15, 0.2) is 0 Å². The molecule has 0 spiro atoms. The summed E-state index contributed by atoms with van der Waals surface area (Å²) >= 11 is 0. The third-order valence-electron chi connectivity index (χ3n) is 4.94. The Hall–Kier alpha value is -2.66. The number of hydrogen-bond acceptors (Lipinski definition) is 3. The molecule has 2 heterocycles. The minimum absolute atomic E-state index is 0.000478. The lowest BCUT2D eigenvalue weighted by Crippen LogP contribution is -2.33. The van der Waals surface area contributed by atoms with E-state index < -0.39 is 0 Å². The maximum absolute atomic E-state index is 12.3. The molecule has 0 radical (unpaired) electrons. The van der Waals surface area contributed by atoms with Crippen molar-refractivity contribution in [3.05, 3.63) is 65.5 Å². The van der Waals surface area contributed by atoms with E-state index in [0.29, 0.717) is 12.1 Å². The number of benzene rings is 2. The van der Waals surface area contributed by atoms with Crippen molar-refractivity contribution < 1.29 is 4.79 Å². The molecule has 5 nitrogen and oxygen atoms in total. The summed E-state index contributed by atoms with van der Waals surface area (Å²) in [6.07, 6.45) is 3.28. The minimum atomic E-state index is -0.000478. The number of likely N-dealkylation sites (tertiary alicyclic amines) is 1. The van der Waals surface area contributed by atoms with Crippen molar-refractivity contribution in [3.8, 4) is 0 Å². The number of nitrogens with one attached hydrogen (secondary N) is 2. The van der Waals surface area contributed by atoms with Crippen LogP contribution < -0.4 is 5.32 Å². The number of H-pyrrole nitrogens is 1. The van der Waals surface area contributed by atoms with Gasteiger partial charge in [-0.15, -0.1) is 0 Å². The second-order valence-corrected chi connectivity index (χ2v) is 6.88. The van der Waals surface area contributed by atoms with Crippen molar-refractivity contribution in [1.82, 2.24) is 20.2 Å². The first-order valence-electron chi connectivity index (χ1n) is 9.31. The second kappa shape index (κ2) is 7.70. The monoisotopic (exact) mass is 348 g/mol. The number of fused-ring (bicyclic) bond motifs is 1. The quantitative estimate of drug-likeness (QED) is 0.720. The number of amides is 1. The number of carbonyl (C=O) groups excluding carboxylic acids is 1. The van der Waals surface area contributed by atoms with Crippen molar-refractivity contribution in [2.75, 3.05) is 26.2 Å². The summed E-state index contributed by atoms with van der Waals surface area (Å²) in [5.74, 6) is 0.938. The molecule has 3 aromatic rings. The molecule has 0 unspecified atom stereocenters. The zero-order chi connectivity index (χ0) is 17.8. The molecule has 134 valence electrons. The lowest BCUT2D eigenvalue weighted by atomic mass is 10.1. The van der Waals surface area contributed by atoms with Crippen LogP contribution in [-0.2, 0) is 6.42 Å². The Morgan fingerprint density at radius 2 is 1.85 bits per heavy atom. The van der Waals surface area contributed by atoms with E-state index >= 15 is 0 Å². The summed E-state index contributed by atoms with van der Waals surface area (Å²) in [6.45, 7) is 3.97. The van der Waals surface area contributed by atoms with Crippen LogP contribution in [0.2, 0.25) is 0 Å². The van der Waals surface area contributed by atoms with Gasteiger partial charge in [0, 0.05) is 25.1 Å². The molecule has 0 bridgehead atoms. The van der Waals surface area contributed by atoms with Crippen LogP contribution in [0.1, 0.15) is 34.6 Å². The molecule has 1 aliphatic rings. The van der Waals surface area contributed by atoms with Gasteiger partial charge in [-0.1, -0.05) is 24.3 Å². The number of aromatic amines is 1. The predicted octanol–water partition coefficient (Wildman–Crippen LogP) is 2.98. The average Bonchev–Trinajstić information content (AvgIpc) is 3.31. The standard InChI is InChI=1S/C21H24N4O/c26-21(22-11-14-25-12-3-4-13-25)17-9-7-16(8-10-17)15-20-23-18-5-1-2-6-19(18)24-20/h1-2,5-10H,3-4,11-15H2,(H,22,26)(H,23,24). The van der Waals surface area contributed by atoms with Gasteiger partial charge in [-0.05, 0) is 55.8 Å². The number of aromatic nitrogens is 2. The van der Waals surface area contributed by atoms with Crippen molar-refractivity contribution in [2.24, 2.45) is 0 Å². The lowest BCUT2D eigenvalue weighted by molar-refractivity contribution is 0.0950. The zero-order valence-corrected chi connectivity index (χ0v) is 14.9. The van der Waals surface area contributed by atoms with Gasteiger partial charge in [-0.2, -0.15) is 0 Å². The van der Waals surface area contributed by atoms with Crippen LogP contribution in [0.15, 0.2) is 48.5 Å². The zero-order valence-electron chi connectivity index (χ0n) is 14.9. The van der Waals surface area contributed by atoms with Crippen molar-refractivity contribution >= 4 is 16.9 Å². The van der Waals surface area contributed by atoms with Gasteiger partial charge in [-0.25, -0.2) is 4.98 Å². The van der Waals surface area contributed by atoms with Crippen molar-refractivity contribution in [2.45, 2.75) is 19.3 Å². The van der Waals surface area contributed by atoms with E-state index in [1.54, 1.807) is 0 Å². The molecule has 0 atom stereocenters. The maximum atomic E-state index is 12.3. The summed E-state index contributed by atoms with van der Waals surface area (Å²) in [6, 6.07) is 15.8. The summed E-state index contributed by atoms with van der Waals surface area (Å²) in [5, 5.41) is 3.01. The fraction of sp³-hybridized carbons (Fsp3) is 0.333. The molecule has 0 saturated carbocycles. The Morgan fingerprint density at radius 1 is 1.08 bits per heavy atom. The maximum Gasteiger partial charge on any atom is 0.251 e. The Labute approximate surface area is 153 Å². The fourth-order valence-electron chi connectivity index (χ4n) is 3.49. The smallest absolute Gasteiger partial charge is 0.251 e. The Balaban J connectivity index is 1.32. The topological polar surface area (TPSA) is 61.0 Å². The van der Waals surface area contributed by atoms with E-state index in [2.05, 4.69) is 20.2 Å². The number of imidazole rings is 1. The number of carbonyl (C=O) groups is 1. The molecule has 0 aliphatic carbocycles. The SMILES string of the molecule is O=C(NCCN1CCCC1)c1ccc(Cc2nc3ccccc3[nH]2)cc1. The van der Waals surface area contributed by atoms with E-state index in [-0.39, 0.29) is 5.91 Å². The molecule has 1 aliphatic heterocycles. The van der Waals surface area contributed by atoms with Crippen LogP contribution in [0.5, 0.6) is 0 Å². The molecular weight excluding hydrogens is 324 g/mol. The lowest BCUT2D eigenvalue weighted by Gasteiger charge is -2.14. The molecule has 2 aromatic carbocycles. The first kappa shape index (κ1) is 16.8. The van der Waals surface area contributed by atoms with Gasteiger partial charge in [0.1, 0.15) is 5.82 Å². The molecule has 26 heavy (non-hydrogen) atoms. The molecule has 1 aromatic heterocycles. The highest BCUT2D eigenvalue weighted by atomic mass is 16.1. The summed E-state index contributed by atoms with van der Waals surface area (Å²) in [7, 11) is 0. The highest BCUT2D eigenvalue weighted by molar-refractivity contribution is 5.94. The van der Waals surface area contributed by atoms with Crippen LogP contribution in [0.4, 0.5) is 0 Å². The summed E-state index contributed by atoms with van der Waals surface area (Å²) < 4.78 is 0. The van der Waals surface area contributed by atoms with Crippen LogP contribution in [0, 0.1) is 0 Å². The summed E-state index contributed by atoms with van der Waals surface area (Å²) in [4.78, 5) is 22.6. The third kappa shape index (κ3) is 3.94. The first-order chi connectivity index (χ1) is 12.8. The van der Waals surface area contributed by atoms with E-state index in [1.165, 1.54) is 12.8 Å². The van der Waals surface area contributed by atoms with Crippen molar-refractivity contribution in [1.29, 1.82) is 0 Å². The van der Waals surface area contributed by atoms with Crippen LogP contribution in [0.3, 0.4) is 0 Å².